The zero-order valence-electron chi connectivity index (χ0n) is 15.6. The van der Waals surface area contributed by atoms with Gasteiger partial charge in [-0.1, -0.05) is 18.5 Å². The molecule has 1 unspecified atom stereocenters. The Morgan fingerprint density at radius 3 is 2.93 bits per heavy atom. The number of imidazole rings is 1. The van der Waals surface area contributed by atoms with Crippen molar-refractivity contribution in [3.05, 3.63) is 40.6 Å². The van der Waals surface area contributed by atoms with Gasteiger partial charge in [0.05, 0.1) is 17.8 Å². The van der Waals surface area contributed by atoms with Crippen molar-refractivity contribution in [3.8, 4) is 0 Å². The van der Waals surface area contributed by atoms with Crippen LogP contribution >= 0.6 is 11.6 Å². The number of hydrogen-bond donors (Lipinski definition) is 3. The van der Waals surface area contributed by atoms with Gasteiger partial charge < -0.3 is 25.0 Å². The van der Waals surface area contributed by atoms with Gasteiger partial charge in [-0.15, -0.1) is 0 Å². The van der Waals surface area contributed by atoms with Gasteiger partial charge in [-0.05, 0) is 25.0 Å². The van der Waals surface area contributed by atoms with Crippen molar-refractivity contribution >= 4 is 29.3 Å². The molecule has 0 aromatic carbocycles. The molecule has 1 aliphatic rings. The number of H-pyrrole nitrogens is 1. The van der Waals surface area contributed by atoms with E-state index in [9.17, 15) is 14.7 Å². The molecule has 2 aromatic heterocycles. The van der Waals surface area contributed by atoms with Crippen LogP contribution in [0.4, 0.5) is 5.82 Å². The lowest BCUT2D eigenvalue weighted by Gasteiger charge is -2.38. The first-order chi connectivity index (χ1) is 13.4. The number of nitrogens with zero attached hydrogens (tertiary/aromatic N) is 3. The molecular weight excluding hydrogens is 386 g/mol. The normalized spacial score (nSPS) is 19.5. The highest BCUT2D eigenvalue weighted by Gasteiger charge is 2.33. The molecule has 1 fully saturated rings. The number of ether oxygens (including phenoxy) is 1. The minimum absolute atomic E-state index is 0.136. The van der Waals surface area contributed by atoms with E-state index in [1.807, 2.05) is 11.8 Å². The highest BCUT2D eigenvalue weighted by atomic mass is 35.5. The average Bonchev–Trinajstić information content (AvgIpc) is 3.09. The van der Waals surface area contributed by atoms with Crippen LogP contribution in [-0.4, -0.2) is 64.3 Å². The number of carboxylic acids is 1. The summed E-state index contributed by atoms with van der Waals surface area (Å²) < 4.78 is 5.55. The number of aromatic amines is 1. The van der Waals surface area contributed by atoms with Crippen LogP contribution < -0.4 is 10.2 Å². The van der Waals surface area contributed by atoms with Gasteiger partial charge in [-0.3, -0.25) is 4.79 Å². The third kappa shape index (κ3) is 4.10. The summed E-state index contributed by atoms with van der Waals surface area (Å²) in [5, 5.41) is 12.6. The molecule has 0 bridgehead atoms. The summed E-state index contributed by atoms with van der Waals surface area (Å²) in [6.45, 7) is 2.85. The van der Waals surface area contributed by atoms with E-state index < -0.39 is 5.97 Å². The number of aryl methyl sites for hydroxylation is 1. The van der Waals surface area contributed by atoms with Crippen LogP contribution in [0.25, 0.3) is 0 Å². The standard InChI is InChI=1S/C18H22ClN5O4/c1-3-11-14(19)23-15(21-11)17(25)22-12-6-8-24(9-13(12)28-2)16-10(18(26)27)5-4-7-20-16/h4-5,7,12-13H,3,6,8-9H2,1-2H3,(H,21,23)(H,22,25)(H,26,27)/t12?,13-/m0/s1. The molecule has 2 aromatic rings. The summed E-state index contributed by atoms with van der Waals surface area (Å²) in [7, 11) is 1.56. The van der Waals surface area contributed by atoms with E-state index >= 15 is 0 Å². The van der Waals surface area contributed by atoms with E-state index in [0.717, 1.165) is 0 Å². The fraction of sp³-hybridized carbons (Fsp3) is 0.444. The second-order valence-corrected chi connectivity index (χ2v) is 6.83. The van der Waals surface area contributed by atoms with Crippen molar-refractivity contribution in [3.63, 3.8) is 0 Å². The minimum Gasteiger partial charge on any atom is -0.478 e. The van der Waals surface area contributed by atoms with E-state index in [2.05, 4.69) is 20.3 Å². The summed E-state index contributed by atoms with van der Waals surface area (Å²) in [4.78, 5) is 37.1. The molecule has 3 heterocycles. The number of halogens is 1. The van der Waals surface area contributed by atoms with Gasteiger partial charge in [0.1, 0.15) is 11.4 Å². The summed E-state index contributed by atoms with van der Waals surface area (Å²) in [6.07, 6.45) is 2.43. The molecule has 1 amide bonds. The highest BCUT2D eigenvalue weighted by Crippen LogP contribution is 2.23. The number of nitrogens with one attached hydrogen (secondary N) is 2. The van der Waals surface area contributed by atoms with Gasteiger partial charge in [0.25, 0.3) is 5.91 Å². The number of methoxy groups -OCH3 is 1. The SMILES string of the molecule is CCc1[nH]c(C(=O)NC2CCN(c3ncccc3C(=O)O)C[C@@H]2OC)nc1Cl. The number of carbonyl (C=O) groups is 2. The molecule has 0 saturated carbocycles. The smallest absolute Gasteiger partial charge is 0.339 e. The quantitative estimate of drug-likeness (QED) is 0.666. The number of aromatic carboxylic acids is 1. The van der Waals surface area contributed by atoms with E-state index in [0.29, 0.717) is 42.6 Å². The Hall–Kier alpha value is -2.65. The van der Waals surface area contributed by atoms with Crippen LogP contribution in [0.3, 0.4) is 0 Å². The van der Waals surface area contributed by atoms with E-state index in [4.69, 9.17) is 16.3 Å². The molecule has 10 heteroatoms. The van der Waals surface area contributed by atoms with Crippen LogP contribution in [0.2, 0.25) is 5.15 Å². The molecule has 3 N–H and O–H groups in total. The van der Waals surface area contributed by atoms with E-state index in [1.165, 1.54) is 6.07 Å². The third-order valence-electron chi connectivity index (χ3n) is 4.79. The minimum atomic E-state index is -1.03. The van der Waals surface area contributed by atoms with Gasteiger partial charge in [0, 0.05) is 26.4 Å². The Morgan fingerprint density at radius 2 is 2.29 bits per heavy atom. The Balaban J connectivity index is 1.71. The average molecular weight is 408 g/mol. The Morgan fingerprint density at radius 1 is 1.50 bits per heavy atom. The van der Waals surface area contributed by atoms with E-state index in [-0.39, 0.29) is 29.4 Å². The number of carboxylic acid groups (broad SMARTS) is 1. The summed E-state index contributed by atoms with van der Waals surface area (Å²) in [5.74, 6) is -0.829. The lowest BCUT2D eigenvalue weighted by Crippen LogP contribution is -2.55. The molecule has 3 rings (SSSR count). The highest BCUT2D eigenvalue weighted by molar-refractivity contribution is 6.30. The lowest BCUT2D eigenvalue weighted by molar-refractivity contribution is 0.0535. The number of piperidine rings is 1. The second-order valence-electron chi connectivity index (χ2n) is 6.48. The Labute approximate surface area is 167 Å². The molecule has 9 nitrogen and oxygen atoms in total. The lowest BCUT2D eigenvalue weighted by atomic mass is 10.0. The van der Waals surface area contributed by atoms with Crippen molar-refractivity contribution in [1.29, 1.82) is 0 Å². The zero-order valence-corrected chi connectivity index (χ0v) is 16.4. The monoisotopic (exact) mass is 407 g/mol. The number of anilines is 1. The summed E-state index contributed by atoms with van der Waals surface area (Å²) in [5.41, 5.74) is 0.846. The number of carbonyl (C=O) groups excluding carboxylic acids is 1. The van der Waals surface area contributed by atoms with Crippen molar-refractivity contribution in [1.82, 2.24) is 20.3 Å². The van der Waals surface area contributed by atoms with Gasteiger partial charge in [-0.25, -0.2) is 14.8 Å². The third-order valence-corrected chi connectivity index (χ3v) is 5.10. The molecule has 28 heavy (non-hydrogen) atoms. The molecule has 0 aliphatic carbocycles. The van der Waals surface area contributed by atoms with Crippen molar-refractivity contribution in [2.24, 2.45) is 0 Å². The van der Waals surface area contributed by atoms with Crippen LogP contribution in [0.15, 0.2) is 18.3 Å². The van der Waals surface area contributed by atoms with Gasteiger partial charge in [-0.2, -0.15) is 0 Å². The Kier molecular flexibility index (Phi) is 6.15. The predicted octanol–water partition coefficient (Wildman–Crippen LogP) is 1.74. The number of aromatic nitrogens is 3. The van der Waals surface area contributed by atoms with Crippen LogP contribution in [0, 0.1) is 0 Å². The maximum atomic E-state index is 12.5. The van der Waals surface area contributed by atoms with Gasteiger partial charge >= 0.3 is 5.97 Å². The molecule has 1 saturated heterocycles. The number of rotatable bonds is 6. The first-order valence-corrected chi connectivity index (χ1v) is 9.33. The van der Waals surface area contributed by atoms with Crippen molar-refractivity contribution in [2.75, 3.05) is 25.1 Å². The Bertz CT molecular complexity index is 871. The van der Waals surface area contributed by atoms with Crippen molar-refractivity contribution < 1.29 is 19.4 Å². The maximum Gasteiger partial charge on any atom is 0.339 e. The fourth-order valence-electron chi connectivity index (χ4n) is 3.30. The number of pyridine rings is 1. The fourth-order valence-corrected chi connectivity index (χ4v) is 3.56. The molecule has 1 aliphatic heterocycles. The first-order valence-electron chi connectivity index (χ1n) is 8.95. The topological polar surface area (TPSA) is 120 Å². The number of amides is 1. The largest absolute Gasteiger partial charge is 0.478 e. The predicted molar refractivity (Wildman–Crippen MR) is 103 cm³/mol. The van der Waals surface area contributed by atoms with E-state index in [1.54, 1.807) is 19.4 Å². The first kappa shape index (κ1) is 20.1. The van der Waals surface area contributed by atoms with Gasteiger partial charge in [0.15, 0.2) is 11.0 Å². The van der Waals surface area contributed by atoms with Crippen molar-refractivity contribution in [2.45, 2.75) is 31.9 Å². The van der Waals surface area contributed by atoms with Crippen LogP contribution in [0.1, 0.15) is 40.0 Å². The van der Waals surface area contributed by atoms with Crippen LogP contribution in [-0.2, 0) is 11.2 Å². The molecule has 0 radical (unpaired) electrons. The van der Waals surface area contributed by atoms with Crippen LogP contribution in [0.5, 0.6) is 0 Å². The number of hydrogen-bond acceptors (Lipinski definition) is 6. The second kappa shape index (κ2) is 8.57. The van der Waals surface area contributed by atoms with Gasteiger partial charge in [0.2, 0.25) is 0 Å². The molecular formula is C18H22ClN5O4. The zero-order chi connectivity index (χ0) is 20.3. The summed E-state index contributed by atoms with van der Waals surface area (Å²) >= 11 is 6.01. The molecule has 150 valence electrons. The summed E-state index contributed by atoms with van der Waals surface area (Å²) in [6, 6.07) is 2.86. The maximum absolute atomic E-state index is 12.5. The molecule has 0 spiro atoms. The molecule has 2 atom stereocenters.